The van der Waals surface area contributed by atoms with Crippen LogP contribution < -0.4 is 4.74 Å². The van der Waals surface area contributed by atoms with Crippen LogP contribution in [0.1, 0.15) is 10.5 Å². The molecule has 0 saturated carbocycles. The second-order valence-electron chi connectivity index (χ2n) is 4.04. The molecule has 0 aliphatic carbocycles. The van der Waals surface area contributed by atoms with Crippen LogP contribution in [0.2, 0.25) is 0 Å². The Morgan fingerprint density at radius 2 is 2.14 bits per heavy atom. The predicted molar refractivity (Wildman–Crippen MR) is 75.8 cm³/mol. The maximum atomic E-state index is 11.1. The molecule has 7 nitrogen and oxygen atoms in total. The van der Waals surface area contributed by atoms with Gasteiger partial charge in [-0.3, -0.25) is 0 Å². The van der Waals surface area contributed by atoms with Crippen LogP contribution in [-0.2, 0) is 0 Å². The molecule has 2 N–H and O–H groups in total. The van der Waals surface area contributed by atoms with E-state index in [4.69, 9.17) is 9.84 Å². The van der Waals surface area contributed by atoms with Crippen molar-refractivity contribution in [1.82, 2.24) is 19.9 Å². The molecule has 3 rings (SSSR count). The molecule has 0 aliphatic heterocycles. The number of benzene rings is 1. The predicted octanol–water partition coefficient (Wildman–Crippen LogP) is 2.21. The monoisotopic (exact) mass is 302 g/mol. The average molecular weight is 302 g/mol. The first-order chi connectivity index (χ1) is 10.2. The normalized spacial score (nSPS) is 10.7. The fourth-order valence-electron chi connectivity index (χ4n) is 1.78. The molecule has 2 aromatic heterocycles. The summed E-state index contributed by atoms with van der Waals surface area (Å²) in [6.45, 7) is 0. The zero-order valence-corrected chi connectivity index (χ0v) is 11.7. The molecule has 8 heteroatoms. The summed E-state index contributed by atoms with van der Waals surface area (Å²) >= 11 is 1.12. The van der Waals surface area contributed by atoms with Crippen molar-refractivity contribution >= 4 is 28.8 Å². The van der Waals surface area contributed by atoms with Gasteiger partial charge in [0.15, 0.2) is 10.9 Å². The first-order valence-corrected chi connectivity index (χ1v) is 6.75. The van der Waals surface area contributed by atoms with Crippen LogP contribution in [0.4, 0.5) is 0 Å². The van der Waals surface area contributed by atoms with E-state index in [1.807, 2.05) is 18.2 Å². The molecule has 2 heterocycles. The number of rotatable bonds is 4. The minimum Gasteiger partial charge on any atom is -0.497 e. The Morgan fingerprint density at radius 1 is 1.33 bits per heavy atom. The highest BCUT2D eigenvalue weighted by Crippen LogP contribution is 2.28. The third-order valence-electron chi connectivity index (χ3n) is 2.73. The number of aromatic nitrogens is 4. The number of hydrogen-bond acceptors (Lipinski definition) is 6. The van der Waals surface area contributed by atoms with Crippen LogP contribution in [0.5, 0.6) is 5.75 Å². The van der Waals surface area contributed by atoms with Gasteiger partial charge in [0.2, 0.25) is 0 Å². The molecule has 0 aliphatic rings. The van der Waals surface area contributed by atoms with Crippen molar-refractivity contribution in [1.29, 1.82) is 0 Å². The summed E-state index contributed by atoms with van der Waals surface area (Å²) in [5.74, 6) is -0.406. The summed E-state index contributed by atoms with van der Waals surface area (Å²) in [4.78, 5) is 26.4. The van der Waals surface area contributed by atoms with Crippen LogP contribution in [-0.4, -0.2) is 38.1 Å². The van der Waals surface area contributed by atoms with Gasteiger partial charge >= 0.3 is 5.97 Å². The van der Waals surface area contributed by atoms with Gasteiger partial charge in [-0.15, -0.1) is 0 Å². The molecular weight excluding hydrogens is 292 g/mol. The third kappa shape index (κ3) is 2.65. The first-order valence-electron chi connectivity index (χ1n) is 5.93. The van der Waals surface area contributed by atoms with Crippen molar-refractivity contribution in [3.05, 3.63) is 36.3 Å². The molecule has 0 unspecified atom stereocenters. The molecule has 21 heavy (non-hydrogen) atoms. The van der Waals surface area contributed by atoms with Gasteiger partial charge in [0, 0.05) is 18.5 Å². The number of H-pyrrole nitrogens is 1. The van der Waals surface area contributed by atoms with E-state index in [-0.39, 0.29) is 10.7 Å². The molecule has 0 amide bonds. The summed E-state index contributed by atoms with van der Waals surface area (Å²) < 4.78 is 5.15. The number of carboxylic acids is 1. The lowest BCUT2D eigenvalue weighted by Gasteiger charge is -2.00. The lowest BCUT2D eigenvalue weighted by atomic mass is 10.3. The van der Waals surface area contributed by atoms with E-state index in [1.54, 1.807) is 7.11 Å². The highest BCUT2D eigenvalue weighted by atomic mass is 32.2. The standard InChI is InChI=1S/C13H10N4O3S/c1-20-7-2-3-8-9(6-7)17-13(16-8)21-11-10(12(18)19)14-4-5-15-11/h2-6H,1H3,(H,16,17)(H,18,19). The number of imidazole rings is 1. The molecule has 0 bridgehead atoms. The van der Waals surface area contributed by atoms with E-state index < -0.39 is 5.97 Å². The van der Waals surface area contributed by atoms with Crippen molar-refractivity contribution in [3.8, 4) is 5.75 Å². The molecule has 0 spiro atoms. The highest BCUT2D eigenvalue weighted by molar-refractivity contribution is 7.99. The Hall–Kier alpha value is -2.61. The van der Waals surface area contributed by atoms with Gasteiger partial charge in [-0.1, -0.05) is 0 Å². The number of nitrogens with one attached hydrogen (secondary N) is 1. The van der Waals surface area contributed by atoms with Crippen molar-refractivity contribution in [2.45, 2.75) is 10.2 Å². The topological polar surface area (TPSA) is 101 Å². The lowest BCUT2D eigenvalue weighted by Crippen LogP contribution is -2.03. The molecule has 0 saturated heterocycles. The summed E-state index contributed by atoms with van der Waals surface area (Å²) in [5.41, 5.74) is 1.47. The van der Waals surface area contributed by atoms with Crippen LogP contribution in [0.15, 0.2) is 40.8 Å². The zero-order chi connectivity index (χ0) is 14.8. The Morgan fingerprint density at radius 3 is 2.90 bits per heavy atom. The van der Waals surface area contributed by atoms with E-state index in [2.05, 4.69) is 19.9 Å². The van der Waals surface area contributed by atoms with Crippen LogP contribution in [0, 0.1) is 0 Å². The largest absolute Gasteiger partial charge is 0.497 e. The van der Waals surface area contributed by atoms with E-state index in [1.165, 1.54) is 12.4 Å². The number of hydrogen-bond donors (Lipinski definition) is 2. The maximum Gasteiger partial charge on any atom is 0.357 e. The maximum absolute atomic E-state index is 11.1. The van der Waals surface area contributed by atoms with Crippen LogP contribution in [0.3, 0.4) is 0 Å². The second kappa shape index (κ2) is 5.41. The molecule has 1 aromatic carbocycles. The fourth-order valence-corrected chi connectivity index (χ4v) is 2.62. The smallest absolute Gasteiger partial charge is 0.357 e. The van der Waals surface area contributed by atoms with E-state index in [0.717, 1.165) is 22.8 Å². The quantitative estimate of drug-likeness (QED) is 0.761. The zero-order valence-electron chi connectivity index (χ0n) is 10.9. The SMILES string of the molecule is COc1ccc2nc(Sc3nccnc3C(=O)O)[nH]c2c1. The van der Waals surface area contributed by atoms with Gasteiger partial charge < -0.3 is 14.8 Å². The van der Waals surface area contributed by atoms with Gasteiger partial charge in [0.25, 0.3) is 0 Å². The summed E-state index contributed by atoms with van der Waals surface area (Å²) in [6.07, 6.45) is 2.79. The Labute approximate surface area is 123 Å². The number of ether oxygens (including phenoxy) is 1. The van der Waals surface area contributed by atoms with Crippen LogP contribution in [0.25, 0.3) is 11.0 Å². The molecule has 0 fully saturated rings. The molecule has 0 atom stereocenters. The van der Waals surface area contributed by atoms with Crippen molar-refractivity contribution in [3.63, 3.8) is 0 Å². The van der Waals surface area contributed by atoms with Crippen molar-refractivity contribution in [2.24, 2.45) is 0 Å². The van der Waals surface area contributed by atoms with E-state index >= 15 is 0 Å². The van der Waals surface area contributed by atoms with Gasteiger partial charge in [-0.2, -0.15) is 0 Å². The Bertz CT molecular complexity index is 818. The van der Waals surface area contributed by atoms with Crippen molar-refractivity contribution < 1.29 is 14.6 Å². The van der Waals surface area contributed by atoms with Gasteiger partial charge in [-0.05, 0) is 23.9 Å². The average Bonchev–Trinajstić information content (AvgIpc) is 2.88. The number of nitrogens with zero attached hydrogens (tertiary/aromatic N) is 3. The summed E-state index contributed by atoms with van der Waals surface area (Å²) in [5, 5.41) is 9.92. The van der Waals surface area contributed by atoms with Crippen LogP contribution >= 0.6 is 11.8 Å². The Balaban J connectivity index is 1.97. The van der Waals surface area contributed by atoms with E-state index in [0.29, 0.717) is 10.9 Å². The minimum atomic E-state index is -1.12. The number of fused-ring (bicyclic) bond motifs is 1. The first kappa shape index (κ1) is 13.4. The number of carbonyl (C=O) groups is 1. The van der Waals surface area contributed by atoms with Crippen molar-refractivity contribution in [2.75, 3.05) is 7.11 Å². The van der Waals surface area contributed by atoms with Gasteiger partial charge in [0.05, 0.1) is 18.1 Å². The van der Waals surface area contributed by atoms with Gasteiger partial charge in [0.1, 0.15) is 10.8 Å². The number of carboxylic acid groups (broad SMARTS) is 1. The summed E-state index contributed by atoms with van der Waals surface area (Å²) in [7, 11) is 1.59. The summed E-state index contributed by atoms with van der Waals surface area (Å²) in [6, 6.07) is 5.45. The highest BCUT2D eigenvalue weighted by Gasteiger charge is 2.15. The number of methoxy groups -OCH3 is 1. The molecule has 3 aromatic rings. The molecule has 106 valence electrons. The molecule has 0 radical (unpaired) electrons. The Kier molecular flexibility index (Phi) is 3.44. The van der Waals surface area contributed by atoms with E-state index in [9.17, 15) is 4.79 Å². The minimum absolute atomic E-state index is 0.0967. The lowest BCUT2D eigenvalue weighted by molar-refractivity contribution is 0.0685. The molecular formula is C13H10N4O3S. The number of aromatic amines is 1. The number of aromatic carboxylic acids is 1. The van der Waals surface area contributed by atoms with Gasteiger partial charge in [-0.25, -0.2) is 19.7 Å². The third-order valence-corrected chi connectivity index (χ3v) is 3.61. The fraction of sp³-hybridized carbons (Fsp3) is 0.0769. The second-order valence-corrected chi connectivity index (χ2v) is 5.02.